The lowest BCUT2D eigenvalue weighted by molar-refractivity contribution is 0.177. The number of rotatable bonds is 1. The average molecular weight is 266 g/mol. The van der Waals surface area contributed by atoms with Crippen LogP contribution < -0.4 is 5.73 Å². The van der Waals surface area contributed by atoms with E-state index in [4.69, 9.17) is 27.1 Å². The van der Waals surface area contributed by atoms with Gasteiger partial charge >= 0.3 is 0 Å². The summed E-state index contributed by atoms with van der Waals surface area (Å²) < 4.78 is 7.58. The molecule has 96 valence electrons. The lowest BCUT2D eigenvalue weighted by Gasteiger charge is -2.26. The molecule has 0 radical (unpaired) electrons. The fraction of sp³-hybridized carbons (Fsp3) is 0.462. The summed E-state index contributed by atoms with van der Waals surface area (Å²) in [6, 6.07) is 5.72. The fourth-order valence-corrected chi connectivity index (χ4v) is 2.77. The Labute approximate surface area is 111 Å². The lowest BCUT2D eigenvalue weighted by atomic mass is 9.85. The van der Waals surface area contributed by atoms with Crippen LogP contribution in [-0.4, -0.2) is 28.8 Å². The van der Waals surface area contributed by atoms with Gasteiger partial charge in [-0.25, -0.2) is 4.98 Å². The van der Waals surface area contributed by atoms with Crippen LogP contribution in [0, 0.1) is 0 Å². The Morgan fingerprint density at radius 2 is 2.33 bits per heavy atom. The number of imidazole rings is 1. The number of fused-ring (bicyclic) bond motifs is 1. The second kappa shape index (κ2) is 3.95. The predicted molar refractivity (Wildman–Crippen MR) is 71.9 cm³/mol. The topological polar surface area (TPSA) is 53.1 Å². The van der Waals surface area contributed by atoms with Crippen molar-refractivity contribution >= 4 is 22.6 Å². The second-order valence-electron chi connectivity index (χ2n) is 5.17. The predicted octanol–water partition coefficient (Wildman–Crippen LogP) is 1.84. The summed E-state index contributed by atoms with van der Waals surface area (Å²) in [6.45, 7) is 3.30. The van der Waals surface area contributed by atoms with E-state index in [1.807, 2.05) is 25.2 Å². The number of aryl methyl sites for hydroxylation is 1. The third kappa shape index (κ3) is 1.56. The minimum Gasteiger partial charge on any atom is -0.379 e. The Balaban J connectivity index is 2.21. The van der Waals surface area contributed by atoms with Gasteiger partial charge in [0.2, 0.25) is 0 Å². The van der Waals surface area contributed by atoms with Crippen LogP contribution in [0.15, 0.2) is 18.2 Å². The van der Waals surface area contributed by atoms with Crippen molar-refractivity contribution in [1.82, 2.24) is 9.55 Å². The highest BCUT2D eigenvalue weighted by atomic mass is 35.5. The summed E-state index contributed by atoms with van der Waals surface area (Å²) in [4.78, 5) is 4.70. The number of aromatic nitrogens is 2. The first-order valence-electron chi connectivity index (χ1n) is 5.98. The first-order chi connectivity index (χ1) is 8.52. The highest BCUT2D eigenvalue weighted by Crippen LogP contribution is 2.33. The molecule has 0 amide bonds. The van der Waals surface area contributed by atoms with Gasteiger partial charge < -0.3 is 15.0 Å². The SMILES string of the molecule is Cn1c(C2(C)COCC2N)nc2cc(Cl)ccc21. The molecule has 4 nitrogen and oxygen atoms in total. The maximum atomic E-state index is 6.16. The van der Waals surface area contributed by atoms with Crippen molar-refractivity contribution in [3.63, 3.8) is 0 Å². The molecular weight excluding hydrogens is 250 g/mol. The van der Waals surface area contributed by atoms with Gasteiger partial charge in [0.15, 0.2) is 0 Å². The molecule has 2 atom stereocenters. The van der Waals surface area contributed by atoms with Crippen molar-refractivity contribution in [3.8, 4) is 0 Å². The summed E-state index contributed by atoms with van der Waals surface area (Å²) >= 11 is 6.00. The minimum absolute atomic E-state index is 0.0246. The minimum atomic E-state index is -0.236. The molecule has 2 N–H and O–H groups in total. The average Bonchev–Trinajstić information content (AvgIpc) is 2.82. The zero-order valence-corrected chi connectivity index (χ0v) is 11.2. The quantitative estimate of drug-likeness (QED) is 0.856. The van der Waals surface area contributed by atoms with Crippen LogP contribution in [0.5, 0.6) is 0 Å². The summed E-state index contributed by atoms with van der Waals surface area (Å²) in [5, 5.41) is 0.698. The van der Waals surface area contributed by atoms with Crippen LogP contribution in [-0.2, 0) is 17.2 Å². The van der Waals surface area contributed by atoms with Crippen LogP contribution in [0.25, 0.3) is 11.0 Å². The Morgan fingerprint density at radius 1 is 1.56 bits per heavy atom. The molecule has 1 aromatic carbocycles. The van der Waals surface area contributed by atoms with Gasteiger partial charge in [0.1, 0.15) is 5.82 Å². The van der Waals surface area contributed by atoms with Gasteiger partial charge in [-0.2, -0.15) is 0 Å². The number of benzene rings is 1. The third-order valence-corrected chi connectivity index (χ3v) is 4.11. The number of ether oxygens (including phenoxy) is 1. The fourth-order valence-electron chi connectivity index (χ4n) is 2.60. The number of nitrogens with two attached hydrogens (primary N) is 1. The molecule has 0 bridgehead atoms. The maximum absolute atomic E-state index is 6.16. The highest BCUT2D eigenvalue weighted by molar-refractivity contribution is 6.31. The van der Waals surface area contributed by atoms with Crippen LogP contribution >= 0.6 is 11.6 Å². The molecule has 1 aliphatic heterocycles. The molecule has 1 saturated heterocycles. The van der Waals surface area contributed by atoms with Gasteiger partial charge in [0.05, 0.1) is 29.7 Å². The van der Waals surface area contributed by atoms with Gasteiger partial charge in [0, 0.05) is 18.1 Å². The summed E-state index contributed by atoms with van der Waals surface area (Å²) in [6.07, 6.45) is 0. The van der Waals surface area contributed by atoms with Gasteiger partial charge in [-0.1, -0.05) is 11.6 Å². The largest absolute Gasteiger partial charge is 0.379 e. The molecule has 5 heteroatoms. The number of hydrogen-bond acceptors (Lipinski definition) is 3. The first-order valence-corrected chi connectivity index (χ1v) is 6.36. The Kier molecular flexibility index (Phi) is 2.62. The molecule has 18 heavy (non-hydrogen) atoms. The van der Waals surface area contributed by atoms with Crippen LogP contribution in [0.2, 0.25) is 5.02 Å². The van der Waals surface area contributed by atoms with Gasteiger partial charge in [-0.15, -0.1) is 0 Å². The Hall–Kier alpha value is -1.10. The standard InChI is InChI=1S/C13H16ClN3O/c1-13(7-18-6-11(13)15)12-16-9-5-8(14)3-4-10(9)17(12)2/h3-5,11H,6-7,15H2,1-2H3. The highest BCUT2D eigenvalue weighted by Gasteiger charge is 2.42. The Bertz CT molecular complexity index is 610. The van der Waals surface area contributed by atoms with E-state index < -0.39 is 0 Å². The smallest absolute Gasteiger partial charge is 0.119 e. The first kappa shape index (κ1) is 12.0. The van der Waals surface area contributed by atoms with Crippen molar-refractivity contribution < 1.29 is 4.74 Å². The van der Waals surface area contributed by atoms with Crippen molar-refractivity contribution in [2.75, 3.05) is 13.2 Å². The molecule has 2 heterocycles. The normalized spacial score (nSPS) is 28.1. The number of hydrogen-bond donors (Lipinski definition) is 1. The lowest BCUT2D eigenvalue weighted by Crippen LogP contribution is -2.43. The van der Waals surface area contributed by atoms with Crippen LogP contribution in [0.4, 0.5) is 0 Å². The van der Waals surface area contributed by atoms with Gasteiger partial charge in [0.25, 0.3) is 0 Å². The summed E-state index contributed by atoms with van der Waals surface area (Å²) in [5.41, 5.74) is 7.89. The van der Waals surface area contributed by atoms with E-state index in [-0.39, 0.29) is 11.5 Å². The second-order valence-corrected chi connectivity index (χ2v) is 5.60. The van der Waals surface area contributed by atoms with Crippen molar-refractivity contribution in [1.29, 1.82) is 0 Å². The molecule has 2 aromatic rings. The van der Waals surface area contributed by atoms with Gasteiger partial charge in [-0.3, -0.25) is 0 Å². The maximum Gasteiger partial charge on any atom is 0.119 e. The summed E-state index contributed by atoms with van der Waals surface area (Å²) in [5.74, 6) is 0.963. The molecule has 0 aliphatic carbocycles. The van der Waals surface area contributed by atoms with E-state index in [9.17, 15) is 0 Å². The molecule has 1 fully saturated rings. The molecule has 2 unspecified atom stereocenters. The molecule has 0 spiro atoms. The van der Waals surface area contributed by atoms with E-state index in [0.717, 1.165) is 16.9 Å². The van der Waals surface area contributed by atoms with Gasteiger partial charge in [-0.05, 0) is 25.1 Å². The van der Waals surface area contributed by atoms with Crippen LogP contribution in [0.3, 0.4) is 0 Å². The van der Waals surface area contributed by atoms with Crippen LogP contribution in [0.1, 0.15) is 12.7 Å². The Morgan fingerprint density at radius 3 is 3.00 bits per heavy atom. The molecule has 1 aliphatic rings. The third-order valence-electron chi connectivity index (χ3n) is 3.87. The summed E-state index contributed by atoms with van der Waals surface area (Å²) in [7, 11) is 2.01. The van der Waals surface area contributed by atoms with Crippen molar-refractivity contribution in [2.24, 2.45) is 12.8 Å². The number of nitrogens with zero attached hydrogens (tertiary/aromatic N) is 2. The van der Waals surface area contributed by atoms with Crippen molar-refractivity contribution in [3.05, 3.63) is 29.0 Å². The molecule has 3 rings (SSSR count). The number of halogens is 1. The van der Waals surface area contributed by atoms with E-state index >= 15 is 0 Å². The van der Waals surface area contributed by atoms with E-state index in [2.05, 4.69) is 11.5 Å². The van der Waals surface area contributed by atoms with E-state index in [0.29, 0.717) is 18.2 Å². The van der Waals surface area contributed by atoms with E-state index in [1.165, 1.54) is 0 Å². The van der Waals surface area contributed by atoms with Crippen molar-refractivity contribution in [2.45, 2.75) is 18.4 Å². The molecule has 1 aromatic heterocycles. The monoisotopic (exact) mass is 265 g/mol. The molecular formula is C13H16ClN3O. The molecule has 0 saturated carbocycles. The zero-order valence-electron chi connectivity index (χ0n) is 10.5. The van der Waals surface area contributed by atoms with E-state index in [1.54, 1.807) is 0 Å². The zero-order chi connectivity index (χ0) is 12.9.